The molecule has 4 aromatic rings. The number of piperidine rings is 1. The maximum atomic E-state index is 12.8. The van der Waals surface area contributed by atoms with E-state index >= 15 is 0 Å². The molecule has 2 N–H and O–H groups in total. The number of benzene rings is 2. The summed E-state index contributed by atoms with van der Waals surface area (Å²) in [5.74, 6) is 0.224. The summed E-state index contributed by atoms with van der Waals surface area (Å²) in [6, 6.07) is 11.7. The Bertz CT molecular complexity index is 1190. The molecule has 5 rings (SSSR count). The number of carbonyl (C=O) groups is 1. The number of furan rings is 1. The summed E-state index contributed by atoms with van der Waals surface area (Å²) in [4.78, 5) is 12.8. The quantitative estimate of drug-likeness (QED) is 0.554. The van der Waals surface area contributed by atoms with E-state index in [1.165, 1.54) is 0 Å². The molecule has 8 heteroatoms. The molecule has 1 aliphatic rings. The van der Waals surface area contributed by atoms with Crippen LogP contribution in [0.4, 0.5) is 5.69 Å². The molecule has 2 aromatic carbocycles. The van der Waals surface area contributed by atoms with Crippen LogP contribution in [0, 0.1) is 0 Å². The molecule has 0 saturated carbocycles. The van der Waals surface area contributed by atoms with E-state index in [4.69, 9.17) is 9.15 Å². The predicted octanol–water partition coefficient (Wildman–Crippen LogP) is 3.36. The molecule has 0 atom stereocenters. The Morgan fingerprint density at radius 1 is 1.21 bits per heavy atom. The van der Waals surface area contributed by atoms with Crippen LogP contribution in [0.25, 0.3) is 21.9 Å². The SMILES string of the molecule is COc1cc2c(cc1NC(=O)c1cn(C3CCNCC3)nn1)oc1ccccc12. The number of ether oxygens (including phenoxy) is 1. The van der Waals surface area contributed by atoms with Crippen LogP contribution < -0.4 is 15.4 Å². The molecule has 0 spiro atoms. The highest BCUT2D eigenvalue weighted by Crippen LogP contribution is 2.36. The number of anilines is 1. The van der Waals surface area contributed by atoms with Crippen LogP contribution in [0.1, 0.15) is 29.4 Å². The zero-order valence-electron chi connectivity index (χ0n) is 16.0. The third kappa shape index (κ3) is 3.21. The van der Waals surface area contributed by atoms with Gasteiger partial charge >= 0.3 is 0 Å². The largest absolute Gasteiger partial charge is 0.495 e. The minimum Gasteiger partial charge on any atom is -0.495 e. The van der Waals surface area contributed by atoms with Crippen LogP contribution in [0.2, 0.25) is 0 Å². The van der Waals surface area contributed by atoms with Gasteiger partial charge in [-0.25, -0.2) is 4.68 Å². The van der Waals surface area contributed by atoms with Gasteiger partial charge in [0.05, 0.1) is 25.0 Å². The second kappa shape index (κ2) is 7.21. The van der Waals surface area contributed by atoms with Crippen LogP contribution in [0.3, 0.4) is 0 Å². The van der Waals surface area contributed by atoms with Gasteiger partial charge in [-0.2, -0.15) is 0 Å². The summed E-state index contributed by atoms with van der Waals surface area (Å²) < 4.78 is 13.2. The van der Waals surface area contributed by atoms with Gasteiger partial charge in [-0.3, -0.25) is 4.79 Å². The summed E-state index contributed by atoms with van der Waals surface area (Å²) in [5, 5.41) is 16.3. The van der Waals surface area contributed by atoms with Crippen molar-refractivity contribution < 1.29 is 13.9 Å². The number of nitrogens with zero attached hydrogens (tertiary/aromatic N) is 3. The van der Waals surface area contributed by atoms with Gasteiger partial charge in [-0.1, -0.05) is 23.4 Å². The number of fused-ring (bicyclic) bond motifs is 3. The number of para-hydroxylation sites is 1. The second-order valence-electron chi connectivity index (χ2n) is 7.17. The first kappa shape index (κ1) is 17.7. The van der Waals surface area contributed by atoms with Crippen molar-refractivity contribution in [3.63, 3.8) is 0 Å². The number of hydrogen-bond acceptors (Lipinski definition) is 6. The van der Waals surface area contributed by atoms with Crippen molar-refractivity contribution in [1.29, 1.82) is 0 Å². The van der Waals surface area contributed by atoms with Crippen LogP contribution in [0.5, 0.6) is 5.75 Å². The second-order valence-corrected chi connectivity index (χ2v) is 7.17. The number of carbonyl (C=O) groups excluding carboxylic acids is 1. The van der Waals surface area contributed by atoms with E-state index in [-0.39, 0.29) is 17.6 Å². The fourth-order valence-corrected chi connectivity index (χ4v) is 3.83. The number of rotatable bonds is 4. The monoisotopic (exact) mass is 391 g/mol. The van der Waals surface area contributed by atoms with Crippen molar-refractivity contribution in [3.05, 3.63) is 48.3 Å². The molecule has 29 heavy (non-hydrogen) atoms. The van der Waals surface area contributed by atoms with Crippen LogP contribution >= 0.6 is 0 Å². The number of nitrogens with one attached hydrogen (secondary N) is 2. The summed E-state index contributed by atoms with van der Waals surface area (Å²) in [6.07, 6.45) is 3.65. The van der Waals surface area contributed by atoms with Gasteiger partial charge in [-0.05, 0) is 38.1 Å². The molecule has 1 amide bonds. The first-order valence-electron chi connectivity index (χ1n) is 9.66. The third-order valence-corrected chi connectivity index (χ3v) is 5.37. The first-order chi connectivity index (χ1) is 14.2. The molecule has 0 aliphatic carbocycles. The van der Waals surface area contributed by atoms with Crippen LogP contribution in [-0.4, -0.2) is 41.1 Å². The van der Waals surface area contributed by atoms with E-state index in [1.807, 2.05) is 30.3 Å². The average Bonchev–Trinajstić information content (AvgIpc) is 3.39. The number of amides is 1. The Morgan fingerprint density at radius 3 is 2.86 bits per heavy atom. The van der Waals surface area contributed by atoms with E-state index in [0.29, 0.717) is 17.0 Å². The van der Waals surface area contributed by atoms with Crippen molar-refractivity contribution in [1.82, 2.24) is 20.3 Å². The highest BCUT2D eigenvalue weighted by atomic mass is 16.5. The van der Waals surface area contributed by atoms with Gasteiger partial charge in [0.1, 0.15) is 16.9 Å². The third-order valence-electron chi connectivity index (χ3n) is 5.37. The van der Waals surface area contributed by atoms with Gasteiger partial charge in [0.2, 0.25) is 0 Å². The lowest BCUT2D eigenvalue weighted by atomic mass is 10.1. The summed E-state index contributed by atoms with van der Waals surface area (Å²) in [7, 11) is 1.58. The van der Waals surface area contributed by atoms with Crippen molar-refractivity contribution in [3.8, 4) is 5.75 Å². The Hall–Kier alpha value is -3.39. The maximum Gasteiger partial charge on any atom is 0.277 e. The topological polar surface area (TPSA) is 94.2 Å². The van der Waals surface area contributed by atoms with E-state index in [2.05, 4.69) is 20.9 Å². The van der Waals surface area contributed by atoms with Gasteiger partial charge in [0, 0.05) is 16.8 Å². The fraction of sp³-hybridized carbons (Fsp3) is 0.286. The standard InChI is InChI=1S/C21H21N5O3/c1-28-20-10-15-14-4-2-3-5-18(14)29-19(15)11-16(20)23-21(27)17-12-26(25-24-17)13-6-8-22-9-7-13/h2-5,10-13,22H,6-9H2,1H3,(H,23,27). The summed E-state index contributed by atoms with van der Waals surface area (Å²) in [5.41, 5.74) is 2.27. The Kier molecular flexibility index (Phi) is 4.40. The highest BCUT2D eigenvalue weighted by Gasteiger charge is 2.20. The molecule has 2 aromatic heterocycles. The lowest BCUT2D eigenvalue weighted by Crippen LogP contribution is -2.29. The Labute approximate surface area is 166 Å². The minimum atomic E-state index is -0.334. The molecule has 8 nitrogen and oxygen atoms in total. The molecule has 0 unspecified atom stereocenters. The highest BCUT2D eigenvalue weighted by molar-refractivity contribution is 6.09. The first-order valence-corrected chi connectivity index (χ1v) is 9.66. The molecular weight excluding hydrogens is 370 g/mol. The van der Waals surface area contributed by atoms with Gasteiger partial charge in [0.25, 0.3) is 5.91 Å². The summed E-state index contributed by atoms with van der Waals surface area (Å²) in [6.45, 7) is 1.89. The Balaban J connectivity index is 1.44. The van der Waals surface area contributed by atoms with Crippen molar-refractivity contribution in [2.24, 2.45) is 0 Å². The molecule has 1 saturated heterocycles. The van der Waals surface area contributed by atoms with Crippen molar-refractivity contribution >= 4 is 33.5 Å². The molecule has 1 fully saturated rings. The maximum absolute atomic E-state index is 12.8. The van der Waals surface area contributed by atoms with Gasteiger partial charge < -0.3 is 19.8 Å². The van der Waals surface area contributed by atoms with Crippen LogP contribution in [-0.2, 0) is 0 Å². The van der Waals surface area contributed by atoms with E-state index in [1.54, 1.807) is 24.1 Å². The van der Waals surface area contributed by atoms with E-state index in [9.17, 15) is 4.79 Å². The van der Waals surface area contributed by atoms with Crippen LogP contribution in [0.15, 0.2) is 47.0 Å². The van der Waals surface area contributed by atoms with Gasteiger partial charge in [0.15, 0.2) is 5.69 Å². The van der Waals surface area contributed by atoms with E-state index in [0.717, 1.165) is 42.3 Å². The fourth-order valence-electron chi connectivity index (χ4n) is 3.83. The van der Waals surface area contributed by atoms with Crippen molar-refractivity contribution in [2.75, 3.05) is 25.5 Å². The predicted molar refractivity (Wildman–Crippen MR) is 109 cm³/mol. The zero-order valence-corrected chi connectivity index (χ0v) is 16.0. The average molecular weight is 391 g/mol. The number of aromatic nitrogens is 3. The zero-order chi connectivity index (χ0) is 19.8. The molecule has 1 aliphatic heterocycles. The Morgan fingerprint density at radius 2 is 2.03 bits per heavy atom. The molecule has 3 heterocycles. The molecule has 0 bridgehead atoms. The molecular formula is C21H21N5O3. The minimum absolute atomic E-state index is 0.270. The number of methoxy groups -OCH3 is 1. The summed E-state index contributed by atoms with van der Waals surface area (Å²) >= 11 is 0. The lowest BCUT2D eigenvalue weighted by molar-refractivity contribution is 0.102. The molecule has 148 valence electrons. The normalized spacial score (nSPS) is 15.1. The van der Waals surface area contributed by atoms with E-state index < -0.39 is 0 Å². The molecule has 0 radical (unpaired) electrons. The smallest absolute Gasteiger partial charge is 0.277 e. The van der Waals surface area contributed by atoms with Gasteiger partial charge in [-0.15, -0.1) is 5.10 Å². The number of hydrogen-bond donors (Lipinski definition) is 2. The lowest BCUT2D eigenvalue weighted by Gasteiger charge is -2.22. The van der Waals surface area contributed by atoms with Crippen molar-refractivity contribution in [2.45, 2.75) is 18.9 Å².